The second kappa shape index (κ2) is 5.42. The first kappa shape index (κ1) is 14.2. The smallest absolute Gasteiger partial charge is 0.272 e. The largest absolute Gasteiger partial charge is 0.495 e. The summed E-state index contributed by atoms with van der Waals surface area (Å²) < 4.78 is 6.36. The summed E-state index contributed by atoms with van der Waals surface area (Å²) in [6, 6.07) is 6.15. The van der Waals surface area contributed by atoms with E-state index in [2.05, 4.69) is 5.10 Å². The van der Waals surface area contributed by atoms with E-state index in [1.807, 2.05) is 0 Å². The highest BCUT2D eigenvalue weighted by atomic mass is 35.5. The first-order chi connectivity index (χ1) is 9.43. The molecule has 0 fully saturated rings. The summed E-state index contributed by atoms with van der Waals surface area (Å²) in [5.74, 6) is 0.174. The van der Waals surface area contributed by atoms with Crippen LogP contribution < -0.4 is 10.3 Å². The molecule has 0 aliphatic carbocycles. The van der Waals surface area contributed by atoms with Gasteiger partial charge in [0, 0.05) is 26.2 Å². The number of benzene rings is 1. The van der Waals surface area contributed by atoms with Gasteiger partial charge < -0.3 is 9.64 Å². The number of methoxy groups -OCH3 is 1. The lowest BCUT2D eigenvalue weighted by molar-refractivity contribution is 0.0821. The summed E-state index contributed by atoms with van der Waals surface area (Å²) in [4.78, 5) is 25.1. The first-order valence-electron chi connectivity index (χ1n) is 5.81. The molecule has 0 saturated heterocycles. The highest BCUT2D eigenvalue weighted by molar-refractivity contribution is 6.32. The number of H-pyrrole nitrogens is 1. The molecule has 1 heterocycles. The number of hydrogen-bond acceptors (Lipinski definition) is 3. The Kier molecular flexibility index (Phi) is 3.85. The summed E-state index contributed by atoms with van der Waals surface area (Å²) in [6.45, 7) is 0. The molecule has 6 nitrogen and oxygen atoms in total. The van der Waals surface area contributed by atoms with Gasteiger partial charge >= 0.3 is 0 Å². The number of rotatable bonds is 3. The van der Waals surface area contributed by atoms with Crippen molar-refractivity contribution in [1.82, 2.24) is 14.7 Å². The number of amides is 1. The molecule has 1 amide bonds. The van der Waals surface area contributed by atoms with Gasteiger partial charge in [-0.2, -0.15) is 0 Å². The fraction of sp³-hybridized carbons (Fsp3) is 0.231. The molecule has 0 aliphatic heterocycles. The summed E-state index contributed by atoms with van der Waals surface area (Å²) in [7, 11) is 4.72. The number of carbonyl (C=O) groups excluding carboxylic acids is 1. The third kappa shape index (κ3) is 2.55. The van der Waals surface area contributed by atoms with Gasteiger partial charge in [-0.1, -0.05) is 11.6 Å². The van der Waals surface area contributed by atoms with E-state index in [0.717, 1.165) is 0 Å². The number of hydrogen-bond donors (Lipinski definition) is 1. The van der Waals surface area contributed by atoms with Gasteiger partial charge in [-0.3, -0.25) is 14.7 Å². The summed E-state index contributed by atoms with van der Waals surface area (Å²) in [5.41, 5.74) is 0.419. The van der Waals surface area contributed by atoms with Crippen LogP contribution in [0.4, 0.5) is 0 Å². The molecule has 0 unspecified atom stereocenters. The van der Waals surface area contributed by atoms with E-state index in [9.17, 15) is 9.59 Å². The molecule has 0 radical (unpaired) electrons. The molecule has 0 atom stereocenters. The van der Waals surface area contributed by atoms with Crippen molar-refractivity contribution in [3.05, 3.63) is 45.3 Å². The first-order valence-corrected chi connectivity index (χ1v) is 6.19. The molecule has 7 heteroatoms. The van der Waals surface area contributed by atoms with Crippen molar-refractivity contribution < 1.29 is 9.53 Å². The second-order valence-corrected chi connectivity index (χ2v) is 4.77. The van der Waals surface area contributed by atoms with Crippen LogP contribution in [0, 0.1) is 0 Å². The maximum absolute atomic E-state index is 11.9. The van der Waals surface area contributed by atoms with Gasteiger partial charge in [0.15, 0.2) is 0 Å². The Balaban J connectivity index is 2.49. The van der Waals surface area contributed by atoms with Gasteiger partial charge in [0.05, 0.1) is 17.8 Å². The molecular weight excluding hydrogens is 282 g/mol. The van der Waals surface area contributed by atoms with Gasteiger partial charge in [-0.15, -0.1) is 0 Å². The Hall–Kier alpha value is -2.21. The molecular formula is C13H14ClN3O3. The molecule has 2 rings (SSSR count). The van der Waals surface area contributed by atoms with Crippen molar-refractivity contribution in [1.29, 1.82) is 0 Å². The lowest BCUT2D eigenvalue weighted by Gasteiger charge is -2.09. The van der Waals surface area contributed by atoms with Crippen molar-refractivity contribution in [3.63, 3.8) is 0 Å². The number of carbonyl (C=O) groups is 1. The average Bonchev–Trinajstić information content (AvgIpc) is 2.80. The minimum absolute atomic E-state index is 0.217. The highest BCUT2D eigenvalue weighted by Gasteiger charge is 2.14. The number of aromatic amines is 1. The number of aromatic nitrogens is 2. The predicted octanol–water partition coefficient (Wildman–Crippen LogP) is 1.53. The Labute approximate surface area is 120 Å². The molecule has 106 valence electrons. The van der Waals surface area contributed by atoms with Crippen molar-refractivity contribution in [2.24, 2.45) is 0 Å². The SMILES string of the molecule is COc1cc(-n2[nH]c(C(=O)N(C)C)cc2=O)ccc1Cl. The average molecular weight is 296 g/mol. The van der Waals surface area contributed by atoms with Crippen molar-refractivity contribution in [2.75, 3.05) is 21.2 Å². The minimum atomic E-state index is -0.334. The minimum Gasteiger partial charge on any atom is -0.495 e. The van der Waals surface area contributed by atoms with Gasteiger partial charge in [-0.05, 0) is 12.1 Å². The lowest BCUT2D eigenvalue weighted by atomic mass is 10.3. The zero-order valence-corrected chi connectivity index (χ0v) is 12.1. The Morgan fingerprint density at radius 3 is 2.65 bits per heavy atom. The third-order valence-corrected chi connectivity index (χ3v) is 3.06. The molecule has 2 aromatic rings. The molecule has 1 aromatic heterocycles. The van der Waals surface area contributed by atoms with Crippen LogP contribution in [0.3, 0.4) is 0 Å². The van der Waals surface area contributed by atoms with Gasteiger partial charge in [0.1, 0.15) is 11.4 Å². The summed E-state index contributed by atoms with van der Waals surface area (Å²) >= 11 is 5.94. The molecule has 0 bridgehead atoms. The van der Waals surface area contributed by atoms with Crippen LogP contribution in [-0.4, -0.2) is 41.8 Å². The zero-order chi connectivity index (χ0) is 14.9. The molecule has 0 saturated carbocycles. The molecule has 0 aliphatic rings. The molecule has 0 spiro atoms. The monoisotopic (exact) mass is 295 g/mol. The van der Waals surface area contributed by atoms with E-state index in [1.54, 1.807) is 32.3 Å². The van der Waals surface area contributed by atoms with Crippen LogP contribution in [0.5, 0.6) is 5.75 Å². The predicted molar refractivity (Wildman–Crippen MR) is 76.0 cm³/mol. The number of halogens is 1. The zero-order valence-electron chi connectivity index (χ0n) is 11.3. The van der Waals surface area contributed by atoms with Crippen LogP contribution in [0.1, 0.15) is 10.5 Å². The van der Waals surface area contributed by atoms with Crippen LogP contribution in [0.25, 0.3) is 5.69 Å². The summed E-state index contributed by atoms with van der Waals surface area (Å²) in [5, 5.41) is 3.21. The molecule has 20 heavy (non-hydrogen) atoms. The van der Waals surface area contributed by atoms with E-state index in [-0.39, 0.29) is 17.2 Å². The maximum atomic E-state index is 11.9. The van der Waals surface area contributed by atoms with E-state index in [1.165, 1.54) is 22.8 Å². The lowest BCUT2D eigenvalue weighted by Crippen LogP contribution is -2.22. The van der Waals surface area contributed by atoms with Crippen molar-refractivity contribution >= 4 is 17.5 Å². The standard InChI is InChI=1S/C13H14ClN3O3/c1-16(2)13(19)10-7-12(18)17(15-10)8-4-5-9(14)11(6-8)20-3/h4-7,15H,1-3H3. The fourth-order valence-electron chi connectivity index (χ4n) is 1.73. The van der Waals surface area contributed by atoms with Gasteiger partial charge in [0.2, 0.25) is 0 Å². The maximum Gasteiger partial charge on any atom is 0.272 e. The Morgan fingerprint density at radius 2 is 2.05 bits per heavy atom. The number of ether oxygens (including phenoxy) is 1. The molecule has 1 aromatic carbocycles. The Morgan fingerprint density at radius 1 is 1.35 bits per heavy atom. The molecule has 1 N–H and O–H groups in total. The topological polar surface area (TPSA) is 67.3 Å². The second-order valence-electron chi connectivity index (χ2n) is 4.36. The highest BCUT2D eigenvalue weighted by Crippen LogP contribution is 2.26. The van der Waals surface area contributed by atoms with E-state index in [4.69, 9.17) is 16.3 Å². The van der Waals surface area contributed by atoms with E-state index < -0.39 is 0 Å². The number of nitrogens with zero attached hydrogens (tertiary/aromatic N) is 2. The van der Waals surface area contributed by atoms with Gasteiger partial charge in [-0.25, -0.2) is 4.68 Å². The van der Waals surface area contributed by atoms with Crippen LogP contribution in [-0.2, 0) is 0 Å². The van der Waals surface area contributed by atoms with E-state index in [0.29, 0.717) is 16.5 Å². The van der Waals surface area contributed by atoms with Crippen LogP contribution in [0.15, 0.2) is 29.1 Å². The van der Waals surface area contributed by atoms with E-state index >= 15 is 0 Å². The third-order valence-electron chi connectivity index (χ3n) is 2.75. The summed E-state index contributed by atoms with van der Waals surface area (Å²) in [6.07, 6.45) is 0. The normalized spacial score (nSPS) is 10.4. The van der Waals surface area contributed by atoms with Gasteiger partial charge in [0.25, 0.3) is 11.5 Å². The van der Waals surface area contributed by atoms with Crippen LogP contribution >= 0.6 is 11.6 Å². The Bertz CT molecular complexity index is 703. The van der Waals surface area contributed by atoms with Crippen molar-refractivity contribution in [3.8, 4) is 11.4 Å². The van der Waals surface area contributed by atoms with Crippen LogP contribution in [0.2, 0.25) is 5.02 Å². The van der Waals surface area contributed by atoms with Crippen molar-refractivity contribution in [2.45, 2.75) is 0 Å². The number of nitrogens with one attached hydrogen (secondary N) is 1. The quantitative estimate of drug-likeness (QED) is 0.934. The fourth-order valence-corrected chi connectivity index (χ4v) is 1.92.